The Morgan fingerprint density at radius 1 is 1.12 bits per heavy atom. The van der Waals surface area contributed by atoms with Gasteiger partial charge >= 0.3 is 0 Å². The summed E-state index contributed by atoms with van der Waals surface area (Å²) in [4.78, 5) is 5.13. The van der Waals surface area contributed by atoms with Crippen LogP contribution in [-0.4, -0.2) is 62.7 Å². The van der Waals surface area contributed by atoms with Gasteiger partial charge in [-0.1, -0.05) is 12.8 Å². The van der Waals surface area contributed by atoms with Gasteiger partial charge in [0.15, 0.2) is 0 Å². The standard InChI is InChI=1S/C14H29N3/c1-16(2)12-13-7-8-15-11-14(13)17-9-5-3-4-6-10-17/h13-15H,3-12H2,1-2H3. The van der Waals surface area contributed by atoms with E-state index in [4.69, 9.17) is 0 Å². The third-order valence-electron chi connectivity index (χ3n) is 4.30. The third kappa shape index (κ3) is 3.94. The molecule has 0 aliphatic carbocycles. The Bertz CT molecular complexity index is 208. The van der Waals surface area contributed by atoms with E-state index >= 15 is 0 Å². The molecular formula is C14H29N3. The maximum Gasteiger partial charge on any atom is 0.0261 e. The first-order chi connectivity index (χ1) is 8.27. The van der Waals surface area contributed by atoms with Crippen LogP contribution in [-0.2, 0) is 0 Å². The third-order valence-corrected chi connectivity index (χ3v) is 4.30. The summed E-state index contributed by atoms with van der Waals surface area (Å²) in [6.07, 6.45) is 7.04. The predicted octanol–water partition coefficient (Wildman–Crippen LogP) is 1.40. The van der Waals surface area contributed by atoms with Gasteiger partial charge in [0, 0.05) is 19.1 Å². The summed E-state index contributed by atoms with van der Waals surface area (Å²) in [5.41, 5.74) is 0. The second-order valence-electron chi connectivity index (χ2n) is 6.03. The lowest BCUT2D eigenvalue weighted by atomic mass is 9.90. The fraction of sp³-hybridized carbons (Fsp3) is 1.00. The normalized spacial score (nSPS) is 32.6. The van der Waals surface area contributed by atoms with Gasteiger partial charge in [-0.15, -0.1) is 0 Å². The number of nitrogens with one attached hydrogen (secondary N) is 1. The van der Waals surface area contributed by atoms with Crippen LogP contribution in [0.4, 0.5) is 0 Å². The molecule has 0 spiro atoms. The molecule has 2 heterocycles. The zero-order chi connectivity index (χ0) is 12.1. The summed E-state index contributed by atoms with van der Waals surface area (Å²) in [6, 6.07) is 0.782. The first-order valence-corrected chi connectivity index (χ1v) is 7.37. The van der Waals surface area contributed by atoms with Crippen LogP contribution in [0.5, 0.6) is 0 Å². The molecular weight excluding hydrogens is 210 g/mol. The molecule has 2 fully saturated rings. The maximum absolute atomic E-state index is 3.60. The van der Waals surface area contributed by atoms with Crippen molar-refractivity contribution in [2.45, 2.75) is 38.1 Å². The number of piperidine rings is 1. The van der Waals surface area contributed by atoms with E-state index in [1.165, 1.54) is 64.8 Å². The Kier molecular flexibility index (Phi) is 5.26. The quantitative estimate of drug-likeness (QED) is 0.803. The van der Waals surface area contributed by atoms with Crippen LogP contribution in [0.25, 0.3) is 0 Å². The molecule has 100 valence electrons. The Labute approximate surface area is 107 Å². The summed E-state index contributed by atoms with van der Waals surface area (Å²) < 4.78 is 0. The van der Waals surface area contributed by atoms with Gasteiger partial charge in [0.1, 0.15) is 0 Å². The average Bonchev–Trinajstić information content (AvgIpc) is 2.57. The van der Waals surface area contributed by atoms with Gasteiger partial charge in [0.25, 0.3) is 0 Å². The van der Waals surface area contributed by atoms with Crippen LogP contribution in [0.2, 0.25) is 0 Å². The van der Waals surface area contributed by atoms with E-state index in [-0.39, 0.29) is 0 Å². The summed E-state index contributed by atoms with van der Waals surface area (Å²) in [6.45, 7) is 6.33. The topological polar surface area (TPSA) is 18.5 Å². The maximum atomic E-state index is 3.60. The number of likely N-dealkylation sites (tertiary alicyclic amines) is 1. The van der Waals surface area contributed by atoms with Gasteiger partial charge < -0.3 is 10.2 Å². The number of nitrogens with zero attached hydrogens (tertiary/aromatic N) is 2. The lowest BCUT2D eigenvalue weighted by Gasteiger charge is -2.41. The van der Waals surface area contributed by atoms with Gasteiger partial charge in [0.05, 0.1) is 0 Å². The smallest absolute Gasteiger partial charge is 0.0261 e. The van der Waals surface area contributed by atoms with Gasteiger partial charge in [-0.3, -0.25) is 4.90 Å². The van der Waals surface area contributed by atoms with E-state index in [0.717, 1.165) is 12.0 Å². The van der Waals surface area contributed by atoms with Crippen molar-refractivity contribution in [2.75, 3.05) is 46.8 Å². The van der Waals surface area contributed by atoms with Crippen molar-refractivity contribution in [3.63, 3.8) is 0 Å². The summed E-state index contributed by atoms with van der Waals surface area (Å²) in [7, 11) is 4.42. The Morgan fingerprint density at radius 3 is 2.47 bits per heavy atom. The monoisotopic (exact) mass is 239 g/mol. The van der Waals surface area contributed by atoms with Crippen LogP contribution < -0.4 is 5.32 Å². The second-order valence-corrected chi connectivity index (χ2v) is 6.03. The molecule has 2 aliphatic heterocycles. The van der Waals surface area contributed by atoms with Crippen molar-refractivity contribution >= 4 is 0 Å². The minimum atomic E-state index is 0.782. The van der Waals surface area contributed by atoms with Crippen molar-refractivity contribution < 1.29 is 0 Å². The van der Waals surface area contributed by atoms with Crippen LogP contribution in [0.1, 0.15) is 32.1 Å². The molecule has 2 aliphatic rings. The molecule has 3 heteroatoms. The highest BCUT2D eigenvalue weighted by Crippen LogP contribution is 2.22. The first-order valence-electron chi connectivity index (χ1n) is 7.37. The highest BCUT2D eigenvalue weighted by Gasteiger charge is 2.30. The van der Waals surface area contributed by atoms with Crippen LogP contribution in [0.15, 0.2) is 0 Å². The number of rotatable bonds is 3. The van der Waals surface area contributed by atoms with Gasteiger partial charge in [-0.25, -0.2) is 0 Å². The molecule has 17 heavy (non-hydrogen) atoms. The minimum absolute atomic E-state index is 0.782. The molecule has 0 aromatic heterocycles. The molecule has 0 saturated carbocycles. The molecule has 2 rings (SSSR count). The SMILES string of the molecule is CN(C)CC1CCNCC1N1CCCCCC1. The van der Waals surface area contributed by atoms with Gasteiger partial charge in [-0.2, -0.15) is 0 Å². The first kappa shape index (κ1) is 13.3. The van der Waals surface area contributed by atoms with Gasteiger partial charge in [0.2, 0.25) is 0 Å². The zero-order valence-corrected chi connectivity index (χ0v) is 11.6. The molecule has 0 aromatic carbocycles. The Balaban J connectivity index is 1.93. The molecule has 0 radical (unpaired) electrons. The lowest BCUT2D eigenvalue weighted by Crippen LogP contribution is -2.53. The molecule has 0 bridgehead atoms. The van der Waals surface area contributed by atoms with Crippen LogP contribution in [0, 0.1) is 5.92 Å². The van der Waals surface area contributed by atoms with Crippen molar-refractivity contribution in [3.05, 3.63) is 0 Å². The number of hydrogen-bond acceptors (Lipinski definition) is 3. The molecule has 0 amide bonds. The van der Waals surface area contributed by atoms with E-state index in [9.17, 15) is 0 Å². The molecule has 0 aromatic rings. The molecule has 1 N–H and O–H groups in total. The zero-order valence-electron chi connectivity index (χ0n) is 11.6. The summed E-state index contributed by atoms with van der Waals surface area (Å²) in [5.74, 6) is 0.865. The average molecular weight is 239 g/mol. The predicted molar refractivity (Wildman–Crippen MR) is 73.4 cm³/mol. The molecule has 2 unspecified atom stereocenters. The highest BCUT2D eigenvalue weighted by atomic mass is 15.2. The van der Waals surface area contributed by atoms with Gasteiger partial charge in [-0.05, 0) is 58.9 Å². The van der Waals surface area contributed by atoms with Crippen molar-refractivity contribution in [3.8, 4) is 0 Å². The number of hydrogen-bond donors (Lipinski definition) is 1. The second kappa shape index (κ2) is 6.72. The summed E-state index contributed by atoms with van der Waals surface area (Å²) >= 11 is 0. The molecule has 3 nitrogen and oxygen atoms in total. The van der Waals surface area contributed by atoms with Crippen LogP contribution in [0.3, 0.4) is 0 Å². The Hall–Kier alpha value is -0.120. The van der Waals surface area contributed by atoms with E-state index < -0.39 is 0 Å². The van der Waals surface area contributed by atoms with E-state index in [2.05, 4.69) is 29.2 Å². The molecule has 2 atom stereocenters. The minimum Gasteiger partial charge on any atom is -0.315 e. The van der Waals surface area contributed by atoms with Crippen molar-refractivity contribution in [1.82, 2.24) is 15.1 Å². The van der Waals surface area contributed by atoms with Crippen molar-refractivity contribution in [1.29, 1.82) is 0 Å². The highest BCUT2D eigenvalue weighted by molar-refractivity contribution is 4.87. The van der Waals surface area contributed by atoms with E-state index in [1.54, 1.807) is 0 Å². The lowest BCUT2D eigenvalue weighted by molar-refractivity contribution is 0.100. The van der Waals surface area contributed by atoms with Crippen molar-refractivity contribution in [2.24, 2.45) is 5.92 Å². The summed E-state index contributed by atoms with van der Waals surface area (Å²) in [5, 5.41) is 3.60. The molecule has 2 saturated heterocycles. The van der Waals surface area contributed by atoms with E-state index in [1.807, 2.05) is 0 Å². The largest absolute Gasteiger partial charge is 0.315 e. The van der Waals surface area contributed by atoms with E-state index in [0.29, 0.717) is 0 Å². The Morgan fingerprint density at radius 2 is 1.82 bits per heavy atom. The van der Waals surface area contributed by atoms with Crippen LogP contribution >= 0.6 is 0 Å². The fourth-order valence-electron chi connectivity index (χ4n) is 3.43. The fourth-order valence-corrected chi connectivity index (χ4v) is 3.43.